The van der Waals surface area contributed by atoms with Gasteiger partial charge in [0.15, 0.2) is 0 Å². The van der Waals surface area contributed by atoms with E-state index in [-0.39, 0.29) is 17.9 Å². The Labute approximate surface area is 125 Å². The second kappa shape index (κ2) is 6.54. The molecule has 2 aromatic rings. The van der Waals surface area contributed by atoms with Gasteiger partial charge in [-0.1, -0.05) is 25.1 Å². The van der Waals surface area contributed by atoms with Crippen LogP contribution in [0.1, 0.15) is 19.4 Å². The number of nitrogens with two attached hydrogens (primary N) is 1. The van der Waals surface area contributed by atoms with Crippen LogP contribution in [0.4, 0.5) is 0 Å². The Bertz CT molecular complexity index is 591. The Morgan fingerprint density at radius 2 is 2.00 bits per heavy atom. The van der Waals surface area contributed by atoms with E-state index in [0.29, 0.717) is 6.54 Å². The van der Waals surface area contributed by atoms with Gasteiger partial charge in [0.1, 0.15) is 0 Å². The van der Waals surface area contributed by atoms with E-state index in [1.54, 1.807) is 18.1 Å². The Balaban J connectivity index is 2.04. The van der Waals surface area contributed by atoms with Crippen molar-refractivity contribution in [1.29, 1.82) is 0 Å². The lowest BCUT2D eigenvalue weighted by Gasteiger charge is -2.22. The van der Waals surface area contributed by atoms with Gasteiger partial charge in [-0.3, -0.25) is 4.79 Å². The molecule has 1 aromatic heterocycles. The number of carbonyl (C=O) groups excluding carboxylic acids is 1. The van der Waals surface area contributed by atoms with E-state index in [0.717, 1.165) is 11.3 Å². The van der Waals surface area contributed by atoms with Gasteiger partial charge in [0.2, 0.25) is 5.91 Å². The van der Waals surface area contributed by atoms with Gasteiger partial charge in [0, 0.05) is 31.4 Å². The highest BCUT2D eigenvalue weighted by atomic mass is 16.2. The fourth-order valence-corrected chi connectivity index (χ4v) is 2.09. The monoisotopic (exact) mass is 286 g/mol. The van der Waals surface area contributed by atoms with Crippen molar-refractivity contribution in [3.05, 3.63) is 48.3 Å². The van der Waals surface area contributed by atoms with E-state index in [1.165, 1.54) is 0 Å². The molecular weight excluding hydrogens is 264 g/mol. The maximum absolute atomic E-state index is 12.2. The van der Waals surface area contributed by atoms with Crippen molar-refractivity contribution in [2.75, 3.05) is 7.05 Å². The molecule has 0 aliphatic rings. The lowest BCUT2D eigenvalue weighted by molar-refractivity contribution is -0.134. The molecule has 0 aliphatic heterocycles. The molecule has 2 rings (SSSR count). The molecule has 0 fully saturated rings. The Hall–Kier alpha value is -2.14. The zero-order chi connectivity index (χ0) is 15.4. The van der Waals surface area contributed by atoms with Crippen LogP contribution in [0.15, 0.2) is 42.7 Å². The minimum absolute atomic E-state index is 0.0532. The summed E-state index contributed by atoms with van der Waals surface area (Å²) in [5, 5.41) is 4.33. The molecule has 0 aliphatic carbocycles. The second-order valence-corrected chi connectivity index (χ2v) is 5.47. The first-order chi connectivity index (χ1) is 9.99. The molecular formula is C16H22N4O. The molecule has 2 N–H and O–H groups in total. The first kappa shape index (κ1) is 15.3. The van der Waals surface area contributed by atoms with Gasteiger partial charge < -0.3 is 10.6 Å². The molecule has 1 aromatic carbocycles. The van der Waals surface area contributed by atoms with Crippen LogP contribution in [0.2, 0.25) is 0 Å². The summed E-state index contributed by atoms with van der Waals surface area (Å²) >= 11 is 0. The molecule has 112 valence electrons. The minimum atomic E-state index is -0.181. The summed E-state index contributed by atoms with van der Waals surface area (Å²) in [6.45, 7) is 4.24. The molecule has 21 heavy (non-hydrogen) atoms. The summed E-state index contributed by atoms with van der Waals surface area (Å²) in [6, 6.07) is 9.74. The van der Waals surface area contributed by atoms with Gasteiger partial charge in [-0.15, -0.1) is 0 Å². The summed E-state index contributed by atoms with van der Waals surface area (Å²) in [5.74, 6) is -0.128. The van der Waals surface area contributed by atoms with Crippen molar-refractivity contribution >= 4 is 5.91 Å². The van der Waals surface area contributed by atoms with Crippen molar-refractivity contribution in [3.63, 3.8) is 0 Å². The van der Waals surface area contributed by atoms with Crippen LogP contribution in [-0.4, -0.2) is 33.7 Å². The van der Waals surface area contributed by atoms with E-state index in [9.17, 15) is 4.79 Å². The number of rotatable bonds is 5. The van der Waals surface area contributed by atoms with Gasteiger partial charge in [-0.05, 0) is 19.1 Å². The van der Waals surface area contributed by atoms with E-state index >= 15 is 0 Å². The molecule has 0 spiro atoms. The summed E-state index contributed by atoms with van der Waals surface area (Å²) in [6.07, 6.45) is 3.73. The first-order valence-electron chi connectivity index (χ1n) is 7.08. The molecule has 2 atom stereocenters. The van der Waals surface area contributed by atoms with Gasteiger partial charge >= 0.3 is 0 Å². The van der Waals surface area contributed by atoms with Gasteiger partial charge in [0.25, 0.3) is 0 Å². The topological polar surface area (TPSA) is 64.2 Å². The molecule has 5 heteroatoms. The number of hydrogen-bond acceptors (Lipinski definition) is 3. The van der Waals surface area contributed by atoms with Crippen molar-refractivity contribution in [2.45, 2.75) is 26.4 Å². The lowest BCUT2D eigenvalue weighted by Crippen LogP contribution is -2.39. The summed E-state index contributed by atoms with van der Waals surface area (Å²) in [7, 11) is 1.79. The van der Waals surface area contributed by atoms with Crippen LogP contribution in [0.25, 0.3) is 5.69 Å². The van der Waals surface area contributed by atoms with Crippen LogP contribution in [0, 0.1) is 5.92 Å². The normalized spacial score (nSPS) is 13.7. The third-order valence-electron chi connectivity index (χ3n) is 3.63. The largest absolute Gasteiger partial charge is 0.341 e. The standard InChI is InChI=1S/C16H22N4O/c1-12(13(2)17)16(21)19(3)10-14-9-18-20(11-14)15-7-5-4-6-8-15/h4-9,11-13H,10,17H2,1-3H3. The van der Waals surface area contributed by atoms with Crippen molar-refractivity contribution in [3.8, 4) is 5.69 Å². The van der Waals surface area contributed by atoms with E-state index in [1.807, 2.05) is 55.1 Å². The molecule has 1 amide bonds. The third-order valence-corrected chi connectivity index (χ3v) is 3.63. The second-order valence-electron chi connectivity index (χ2n) is 5.47. The molecule has 5 nitrogen and oxygen atoms in total. The maximum atomic E-state index is 12.2. The smallest absolute Gasteiger partial charge is 0.226 e. The SMILES string of the molecule is CC(N)C(C)C(=O)N(C)Cc1cnn(-c2ccccc2)c1. The van der Waals surface area contributed by atoms with Gasteiger partial charge in [0.05, 0.1) is 17.8 Å². The number of carbonyl (C=O) groups is 1. The average molecular weight is 286 g/mol. The number of hydrogen-bond donors (Lipinski definition) is 1. The minimum Gasteiger partial charge on any atom is -0.341 e. The third kappa shape index (κ3) is 3.70. The van der Waals surface area contributed by atoms with Crippen LogP contribution < -0.4 is 5.73 Å². The van der Waals surface area contributed by atoms with Crippen LogP contribution in [0.3, 0.4) is 0 Å². The Kier molecular flexibility index (Phi) is 4.75. The van der Waals surface area contributed by atoms with Crippen LogP contribution >= 0.6 is 0 Å². The highest BCUT2D eigenvalue weighted by molar-refractivity contribution is 5.78. The summed E-state index contributed by atoms with van der Waals surface area (Å²) in [4.78, 5) is 13.9. The van der Waals surface area contributed by atoms with E-state index in [4.69, 9.17) is 5.73 Å². The first-order valence-corrected chi connectivity index (χ1v) is 7.08. The van der Waals surface area contributed by atoms with Crippen LogP contribution in [-0.2, 0) is 11.3 Å². The fraction of sp³-hybridized carbons (Fsp3) is 0.375. The predicted octanol–water partition coefficient (Wildman–Crippen LogP) is 1.81. The number of amides is 1. The average Bonchev–Trinajstić information content (AvgIpc) is 2.95. The van der Waals surface area contributed by atoms with Crippen molar-refractivity contribution in [2.24, 2.45) is 11.7 Å². The molecule has 0 saturated carbocycles. The maximum Gasteiger partial charge on any atom is 0.226 e. The lowest BCUT2D eigenvalue weighted by atomic mass is 10.0. The Morgan fingerprint density at radius 1 is 1.33 bits per heavy atom. The quantitative estimate of drug-likeness (QED) is 0.911. The van der Waals surface area contributed by atoms with Crippen molar-refractivity contribution in [1.82, 2.24) is 14.7 Å². The van der Waals surface area contributed by atoms with E-state index in [2.05, 4.69) is 5.10 Å². The highest BCUT2D eigenvalue weighted by Gasteiger charge is 2.21. The zero-order valence-corrected chi connectivity index (χ0v) is 12.7. The molecule has 2 unspecified atom stereocenters. The molecule has 1 heterocycles. The number of nitrogens with zero attached hydrogens (tertiary/aromatic N) is 3. The Morgan fingerprint density at radius 3 is 2.62 bits per heavy atom. The number of aromatic nitrogens is 2. The van der Waals surface area contributed by atoms with Gasteiger partial charge in [-0.2, -0.15) is 5.10 Å². The van der Waals surface area contributed by atoms with E-state index < -0.39 is 0 Å². The molecule has 0 saturated heterocycles. The van der Waals surface area contributed by atoms with Crippen molar-refractivity contribution < 1.29 is 4.79 Å². The molecule has 0 bridgehead atoms. The number of para-hydroxylation sites is 1. The van der Waals surface area contributed by atoms with Gasteiger partial charge in [-0.25, -0.2) is 4.68 Å². The number of benzene rings is 1. The highest BCUT2D eigenvalue weighted by Crippen LogP contribution is 2.11. The van der Waals surface area contributed by atoms with Crippen LogP contribution in [0.5, 0.6) is 0 Å². The predicted molar refractivity (Wildman–Crippen MR) is 82.9 cm³/mol. The zero-order valence-electron chi connectivity index (χ0n) is 12.7. The molecule has 0 radical (unpaired) electrons. The fourth-order valence-electron chi connectivity index (χ4n) is 2.09. The summed E-state index contributed by atoms with van der Waals surface area (Å²) in [5.41, 5.74) is 7.78. The summed E-state index contributed by atoms with van der Waals surface area (Å²) < 4.78 is 1.81.